The molecular weight excluding hydrogens is 190 g/mol. The van der Waals surface area contributed by atoms with Crippen molar-refractivity contribution in [2.45, 2.75) is 13.2 Å². The zero-order chi connectivity index (χ0) is 11.2. The van der Waals surface area contributed by atoms with E-state index in [0.717, 1.165) is 6.08 Å². The van der Waals surface area contributed by atoms with Crippen molar-refractivity contribution in [1.82, 2.24) is 0 Å². The number of hydrogen-bond acceptors (Lipinski definition) is 5. The van der Waals surface area contributed by atoms with Gasteiger partial charge in [0.2, 0.25) is 0 Å². The number of esters is 1. The highest BCUT2D eigenvalue weighted by molar-refractivity contribution is 5.81. The lowest BCUT2D eigenvalue weighted by atomic mass is 10.6. The summed E-state index contributed by atoms with van der Waals surface area (Å²) in [5.74, 6) is -0.578. The first-order valence-electron chi connectivity index (χ1n) is 3.95. The summed E-state index contributed by atoms with van der Waals surface area (Å²) in [6.45, 7) is 4.84. The number of rotatable bonds is 6. The maximum Gasteiger partial charge on any atom is 0.334 e. The van der Waals surface area contributed by atoms with E-state index in [1.54, 1.807) is 6.92 Å². The van der Waals surface area contributed by atoms with Gasteiger partial charge < -0.3 is 4.74 Å². The van der Waals surface area contributed by atoms with Gasteiger partial charge in [-0.15, -0.1) is 14.5 Å². The Hall–Kier alpha value is -0.950. The highest BCUT2D eigenvalue weighted by atomic mass is 17.2. The van der Waals surface area contributed by atoms with Gasteiger partial charge in [0.1, 0.15) is 26.3 Å². The van der Waals surface area contributed by atoms with E-state index in [1.165, 1.54) is 21.3 Å². The number of ether oxygens (including phenoxy) is 1. The molecule has 6 nitrogen and oxygen atoms in total. The summed E-state index contributed by atoms with van der Waals surface area (Å²) in [5.41, 5.74) is 0. The second-order valence-electron chi connectivity index (χ2n) is 2.33. The largest absolute Gasteiger partial charge is 0.400 e. The molecule has 0 saturated heterocycles. The van der Waals surface area contributed by atoms with Crippen molar-refractivity contribution >= 4 is 5.97 Å². The monoisotopic (exact) mass is 206 g/mol. The van der Waals surface area contributed by atoms with E-state index in [2.05, 4.69) is 6.58 Å². The average Bonchev–Trinajstić information content (AvgIpc) is 2.21. The van der Waals surface area contributed by atoms with E-state index >= 15 is 0 Å². The molecule has 0 aromatic carbocycles. The lowest BCUT2D eigenvalue weighted by molar-refractivity contribution is -1.38. The molecule has 0 fully saturated rings. The quantitative estimate of drug-likeness (QED) is 0.209. The predicted molar refractivity (Wildman–Crippen MR) is 47.0 cm³/mol. The van der Waals surface area contributed by atoms with Crippen LogP contribution in [0.4, 0.5) is 0 Å². The molecule has 0 aliphatic carbocycles. The van der Waals surface area contributed by atoms with Crippen LogP contribution in [0.2, 0.25) is 0 Å². The van der Waals surface area contributed by atoms with Gasteiger partial charge in [0.05, 0.1) is 0 Å². The van der Waals surface area contributed by atoms with E-state index in [0.29, 0.717) is 0 Å². The fourth-order valence-corrected chi connectivity index (χ4v) is 0.950. The van der Waals surface area contributed by atoms with E-state index in [1.807, 2.05) is 0 Å². The Kier molecular flexibility index (Phi) is 5.32. The Morgan fingerprint density at radius 2 is 1.71 bits per heavy atom. The Balaban J connectivity index is 4.50. The minimum absolute atomic E-state index is 0.578. The Labute approximate surface area is 83.1 Å². The van der Waals surface area contributed by atoms with Gasteiger partial charge >= 0.3 is 12.2 Å². The van der Waals surface area contributed by atoms with Gasteiger partial charge in [-0.2, -0.15) is 0 Å². The molecular formula is C8H16NO5+. The van der Waals surface area contributed by atoms with E-state index in [9.17, 15) is 4.79 Å². The van der Waals surface area contributed by atoms with Crippen LogP contribution in [0.3, 0.4) is 0 Å². The van der Waals surface area contributed by atoms with Gasteiger partial charge in [0, 0.05) is 13.0 Å². The van der Waals surface area contributed by atoms with Crippen LogP contribution in [-0.2, 0) is 24.0 Å². The first-order chi connectivity index (χ1) is 6.56. The third-order valence-corrected chi connectivity index (χ3v) is 1.66. The molecule has 0 aliphatic heterocycles. The zero-order valence-corrected chi connectivity index (χ0v) is 8.85. The van der Waals surface area contributed by atoms with Crippen molar-refractivity contribution in [2.75, 3.05) is 21.3 Å². The molecule has 14 heavy (non-hydrogen) atoms. The van der Waals surface area contributed by atoms with Crippen LogP contribution in [0, 0.1) is 0 Å². The van der Waals surface area contributed by atoms with E-state index < -0.39 is 17.2 Å². The van der Waals surface area contributed by atoms with Gasteiger partial charge in [-0.1, -0.05) is 6.58 Å². The van der Waals surface area contributed by atoms with Crippen molar-refractivity contribution in [3.05, 3.63) is 12.7 Å². The summed E-state index contributed by atoms with van der Waals surface area (Å²) in [5, 5.41) is 0. The fraction of sp³-hybridized carbons (Fsp3) is 0.625. The van der Waals surface area contributed by atoms with Crippen LogP contribution in [-0.4, -0.2) is 38.5 Å². The maximum absolute atomic E-state index is 10.9. The Bertz CT molecular complexity index is 194. The molecule has 1 atom stereocenters. The normalized spacial score (nSPS) is 13.4. The summed E-state index contributed by atoms with van der Waals surface area (Å²) in [6.07, 6.45) is 0.284. The number of quaternary nitrogens is 1. The molecule has 0 spiro atoms. The summed E-state index contributed by atoms with van der Waals surface area (Å²) in [4.78, 5) is 25.0. The lowest BCUT2D eigenvalue weighted by Gasteiger charge is -2.28. The molecule has 6 heteroatoms. The Morgan fingerprint density at radius 3 is 2.00 bits per heavy atom. The van der Waals surface area contributed by atoms with Crippen LogP contribution >= 0.6 is 0 Å². The first kappa shape index (κ1) is 13.1. The van der Waals surface area contributed by atoms with Gasteiger partial charge in [-0.3, -0.25) is 0 Å². The van der Waals surface area contributed by atoms with Crippen LogP contribution in [0.15, 0.2) is 12.7 Å². The molecule has 0 aromatic rings. The zero-order valence-electron chi connectivity index (χ0n) is 8.85. The van der Waals surface area contributed by atoms with Crippen molar-refractivity contribution in [3.8, 4) is 0 Å². The van der Waals surface area contributed by atoms with Crippen molar-refractivity contribution < 1.29 is 29.0 Å². The van der Waals surface area contributed by atoms with Gasteiger partial charge in [0.25, 0.3) is 0 Å². The second kappa shape index (κ2) is 5.71. The topological polar surface area (TPSA) is 54.0 Å². The number of hydrogen-bond donors (Lipinski definition) is 0. The van der Waals surface area contributed by atoms with Crippen LogP contribution in [0.5, 0.6) is 0 Å². The van der Waals surface area contributed by atoms with Gasteiger partial charge in [-0.25, -0.2) is 4.79 Å². The molecule has 82 valence electrons. The molecule has 0 radical (unpaired) electrons. The van der Waals surface area contributed by atoms with E-state index in [4.69, 9.17) is 19.2 Å². The standard InChI is InChI=1S/C8H16NO5/c1-6-8(10)14-7(2)9(11-3,12-4)13-5/h6-7H,1H2,2-5H3/q+1. The third-order valence-electron chi connectivity index (χ3n) is 1.66. The number of carbonyl (C=O) groups is 1. The molecule has 0 N–H and O–H groups in total. The average molecular weight is 206 g/mol. The van der Waals surface area contributed by atoms with Crippen molar-refractivity contribution in [1.29, 1.82) is 0 Å². The second-order valence-corrected chi connectivity index (χ2v) is 2.33. The molecule has 0 heterocycles. The smallest absolute Gasteiger partial charge is 0.334 e. The maximum atomic E-state index is 10.9. The minimum atomic E-state index is -0.763. The molecule has 0 aromatic heterocycles. The third kappa shape index (κ3) is 2.78. The molecule has 0 amide bonds. The number of hydroxylamine groups is 3. The summed E-state index contributed by atoms with van der Waals surface area (Å²) >= 11 is 0. The number of nitrogens with zero attached hydrogens (tertiary/aromatic N) is 1. The highest BCUT2D eigenvalue weighted by Gasteiger charge is 2.41. The SMILES string of the molecule is C=CC(=O)OC(C)[N+](OC)(OC)OC. The Morgan fingerprint density at radius 1 is 1.29 bits per heavy atom. The number of carbonyl (C=O) groups excluding carboxylic acids is 1. The minimum Gasteiger partial charge on any atom is -0.400 e. The molecule has 0 aliphatic rings. The van der Waals surface area contributed by atoms with Crippen LogP contribution in [0.1, 0.15) is 6.92 Å². The highest BCUT2D eigenvalue weighted by Crippen LogP contribution is 2.15. The molecule has 0 saturated carbocycles. The molecule has 1 unspecified atom stereocenters. The fourth-order valence-electron chi connectivity index (χ4n) is 0.950. The summed E-state index contributed by atoms with van der Waals surface area (Å²) < 4.78 is 4.88. The molecule has 0 bridgehead atoms. The van der Waals surface area contributed by atoms with Crippen LogP contribution in [0.25, 0.3) is 0 Å². The van der Waals surface area contributed by atoms with Crippen LogP contribution < -0.4 is 0 Å². The first-order valence-corrected chi connectivity index (χ1v) is 3.95. The van der Waals surface area contributed by atoms with E-state index in [-0.39, 0.29) is 0 Å². The van der Waals surface area contributed by atoms with Gasteiger partial charge in [0.15, 0.2) is 0 Å². The van der Waals surface area contributed by atoms with Gasteiger partial charge in [-0.05, 0) is 0 Å². The van der Waals surface area contributed by atoms with Crippen molar-refractivity contribution in [2.24, 2.45) is 0 Å². The van der Waals surface area contributed by atoms with Crippen molar-refractivity contribution in [3.63, 3.8) is 0 Å². The summed E-state index contributed by atoms with van der Waals surface area (Å²) in [7, 11) is 4.10. The predicted octanol–water partition coefficient (Wildman–Crippen LogP) is 0.563. The molecule has 0 rings (SSSR count). The summed E-state index contributed by atoms with van der Waals surface area (Å²) in [6, 6.07) is 0. The lowest BCUT2D eigenvalue weighted by Crippen LogP contribution is -2.53.